The zero-order valence-electron chi connectivity index (χ0n) is 15.5. The molecule has 0 aliphatic heterocycles. The van der Waals surface area contributed by atoms with Gasteiger partial charge in [-0.2, -0.15) is 0 Å². The van der Waals surface area contributed by atoms with Crippen LogP contribution in [-0.2, 0) is 4.74 Å². The zero-order valence-corrected chi connectivity index (χ0v) is 15.5. The minimum atomic E-state index is -0.200. The Morgan fingerprint density at radius 3 is 2.05 bits per heavy atom. The Morgan fingerprint density at radius 2 is 1.59 bits per heavy atom. The summed E-state index contributed by atoms with van der Waals surface area (Å²) >= 11 is 0. The van der Waals surface area contributed by atoms with Gasteiger partial charge in [-0.15, -0.1) is 0 Å². The lowest BCUT2D eigenvalue weighted by Gasteiger charge is -2.33. The van der Waals surface area contributed by atoms with Gasteiger partial charge < -0.3 is 9.47 Å². The molecule has 1 rings (SSSR count). The molecule has 0 spiro atoms. The number of hydrogen-bond acceptors (Lipinski definition) is 2. The van der Waals surface area contributed by atoms with Gasteiger partial charge in [0.05, 0.1) is 0 Å². The van der Waals surface area contributed by atoms with Crippen molar-refractivity contribution in [3.8, 4) is 5.75 Å². The molecule has 3 atom stereocenters. The molecule has 0 saturated heterocycles. The lowest BCUT2D eigenvalue weighted by Crippen LogP contribution is -2.21. The first kappa shape index (κ1) is 19.0. The first-order valence-corrected chi connectivity index (χ1v) is 8.66. The molecule has 126 valence electrons. The van der Waals surface area contributed by atoms with Gasteiger partial charge in [-0.3, -0.25) is 0 Å². The number of rotatable bonds is 8. The monoisotopic (exact) mass is 306 g/mol. The van der Waals surface area contributed by atoms with Gasteiger partial charge in [0.25, 0.3) is 0 Å². The molecule has 22 heavy (non-hydrogen) atoms. The first-order valence-electron chi connectivity index (χ1n) is 8.66. The van der Waals surface area contributed by atoms with E-state index < -0.39 is 0 Å². The highest BCUT2D eigenvalue weighted by Gasteiger charge is 2.27. The summed E-state index contributed by atoms with van der Waals surface area (Å²) in [6, 6.07) is 8.57. The Bertz CT molecular complexity index is 416. The summed E-state index contributed by atoms with van der Waals surface area (Å²) in [6.07, 6.45) is 2.27. The molecule has 0 bridgehead atoms. The summed E-state index contributed by atoms with van der Waals surface area (Å²) in [5.74, 6) is 2.19. The van der Waals surface area contributed by atoms with Crippen LogP contribution in [0.4, 0.5) is 0 Å². The van der Waals surface area contributed by atoms with Crippen LogP contribution in [0.5, 0.6) is 5.75 Å². The fourth-order valence-electron chi connectivity index (χ4n) is 2.80. The molecule has 0 aromatic heterocycles. The second-order valence-corrected chi connectivity index (χ2v) is 7.38. The SMILES string of the molecule is CCOC(C)Oc1ccc(C(CC(C)CC)C(C)(C)C)cc1. The standard InChI is InChI=1S/C20H34O2/c1-8-15(3)14-19(20(5,6)7)17-10-12-18(13-11-17)22-16(4)21-9-2/h10-13,15-16,19H,8-9,14H2,1-7H3. The molecule has 0 fully saturated rings. The second-order valence-electron chi connectivity index (χ2n) is 7.38. The van der Waals surface area contributed by atoms with Gasteiger partial charge in [-0.05, 0) is 55.2 Å². The minimum Gasteiger partial charge on any atom is -0.465 e. The predicted molar refractivity (Wildman–Crippen MR) is 94.4 cm³/mol. The normalized spacial score (nSPS) is 16.1. The molecule has 3 unspecified atom stereocenters. The highest BCUT2D eigenvalue weighted by atomic mass is 16.7. The molecule has 2 heteroatoms. The maximum Gasteiger partial charge on any atom is 0.196 e. The van der Waals surface area contributed by atoms with Crippen LogP contribution in [0.25, 0.3) is 0 Å². The minimum absolute atomic E-state index is 0.200. The molecule has 2 nitrogen and oxygen atoms in total. The molecule has 1 aromatic rings. The molecular formula is C20H34O2. The van der Waals surface area contributed by atoms with Gasteiger partial charge >= 0.3 is 0 Å². The van der Waals surface area contributed by atoms with Gasteiger partial charge in [0.15, 0.2) is 6.29 Å². The van der Waals surface area contributed by atoms with E-state index >= 15 is 0 Å². The van der Waals surface area contributed by atoms with E-state index in [9.17, 15) is 0 Å². The van der Waals surface area contributed by atoms with Crippen LogP contribution in [0.2, 0.25) is 0 Å². The molecule has 0 N–H and O–H groups in total. The average molecular weight is 306 g/mol. The Kier molecular flexibility index (Phi) is 7.41. The highest BCUT2D eigenvalue weighted by molar-refractivity contribution is 5.30. The van der Waals surface area contributed by atoms with Gasteiger partial charge in [-0.1, -0.05) is 53.2 Å². The van der Waals surface area contributed by atoms with Crippen molar-refractivity contribution in [3.63, 3.8) is 0 Å². The molecule has 0 aliphatic carbocycles. The first-order chi connectivity index (χ1) is 10.3. The van der Waals surface area contributed by atoms with E-state index in [1.165, 1.54) is 18.4 Å². The van der Waals surface area contributed by atoms with Crippen molar-refractivity contribution in [1.29, 1.82) is 0 Å². The topological polar surface area (TPSA) is 18.5 Å². The van der Waals surface area contributed by atoms with E-state index in [-0.39, 0.29) is 11.7 Å². The van der Waals surface area contributed by atoms with E-state index in [0.717, 1.165) is 11.7 Å². The van der Waals surface area contributed by atoms with Crippen LogP contribution in [0.1, 0.15) is 72.8 Å². The van der Waals surface area contributed by atoms with Crippen molar-refractivity contribution in [3.05, 3.63) is 29.8 Å². The molecule has 0 heterocycles. The predicted octanol–water partition coefficient (Wildman–Crippen LogP) is 6.01. The van der Waals surface area contributed by atoms with E-state index in [4.69, 9.17) is 9.47 Å². The Hall–Kier alpha value is -1.02. The smallest absolute Gasteiger partial charge is 0.196 e. The van der Waals surface area contributed by atoms with Crippen LogP contribution in [0, 0.1) is 11.3 Å². The van der Waals surface area contributed by atoms with Crippen molar-refractivity contribution in [2.45, 2.75) is 73.5 Å². The maximum absolute atomic E-state index is 5.76. The fourth-order valence-corrected chi connectivity index (χ4v) is 2.80. The summed E-state index contributed by atoms with van der Waals surface area (Å²) < 4.78 is 11.2. The van der Waals surface area contributed by atoms with E-state index in [1.54, 1.807) is 0 Å². The van der Waals surface area contributed by atoms with E-state index in [2.05, 4.69) is 58.9 Å². The molecular weight excluding hydrogens is 272 g/mol. The van der Waals surface area contributed by atoms with Gasteiger partial charge in [0.2, 0.25) is 0 Å². The van der Waals surface area contributed by atoms with Crippen LogP contribution < -0.4 is 4.74 Å². The summed E-state index contributed by atoms with van der Waals surface area (Å²) in [4.78, 5) is 0. The third-order valence-electron chi connectivity index (χ3n) is 4.37. The van der Waals surface area contributed by atoms with Gasteiger partial charge in [0, 0.05) is 6.61 Å². The lowest BCUT2D eigenvalue weighted by atomic mass is 9.72. The van der Waals surface area contributed by atoms with Gasteiger partial charge in [0.1, 0.15) is 5.75 Å². The summed E-state index contributed by atoms with van der Waals surface area (Å²) in [5.41, 5.74) is 1.67. The van der Waals surface area contributed by atoms with Crippen LogP contribution >= 0.6 is 0 Å². The summed E-state index contributed by atoms with van der Waals surface area (Å²) in [6.45, 7) is 16.2. The van der Waals surface area contributed by atoms with Gasteiger partial charge in [-0.25, -0.2) is 0 Å². The Labute approximate surface area is 137 Å². The summed E-state index contributed by atoms with van der Waals surface area (Å²) in [7, 11) is 0. The van der Waals surface area contributed by atoms with Crippen molar-refractivity contribution in [2.75, 3.05) is 6.61 Å². The largest absolute Gasteiger partial charge is 0.465 e. The Morgan fingerprint density at radius 1 is 1.00 bits per heavy atom. The third kappa shape index (κ3) is 6.00. The van der Waals surface area contributed by atoms with E-state index in [0.29, 0.717) is 12.5 Å². The Balaban J connectivity index is 2.84. The average Bonchev–Trinajstić information content (AvgIpc) is 2.44. The number of benzene rings is 1. The van der Waals surface area contributed by atoms with Crippen molar-refractivity contribution in [1.82, 2.24) is 0 Å². The fraction of sp³-hybridized carbons (Fsp3) is 0.700. The van der Waals surface area contributed by atoms with Crippen LogP contribution in [0.3, 0.4) is 0 Å². The lowest BCUT2D eigenvalue weighted by molar-refractivity contribution is -0.0613. The summed E-state index contributed by atoms with van der Waals surface area (Å²) in [5, 5.41) is 0. The molecule has 0 saturated carbocycles. The third-order valence-corrected chi connectivity index (χ3v) is 4.37. The maximum atomic E-state index is 5.76. The highest BCUT2D eigenvalue weighted by Crippen LogP contribution is 2.40. The van der Waals surface area contributed by atoms with E-state index in [1.807, 2.05) is 13.8 Å². The van der Waals surface area contributed by atoms with Crippen LogP contribution in [0.15, 0.2) is 24.3 Å². The molecule has 0 amide bonds. The molecule has 0 radical (unpaired) electrons. The molecule has 1 aromatic carbocycles. The van der Waals surface area contributed by atoms with Crippen molar-refractivity contribution in [2.24, 2.45) is 11.3 Å². The quantitative estimate of drug-likeness (QED) is 0.547. The van der Waals surface area contributed by atoms with Crippen LogP contribution in [-0.4, -0.2) is 12.9 Å². The number of ether oxygens (including phenoxy) is 2. The number of hydrogen-bond donors (Lipinski definition) is 0. The van der Waals surface area contributed by atoms with Crippen molar-refractivity contribution < 1.29 is 9.47 Å². The second kappa shape index (κ2) is 8.57. The molecule has 0 aliphatic rings. The zero-order chi connectivity index (χ0) is 16.8. The van der Waals surface area contributed by atoms with Crippen molar-refractivity contribution >= 4 is 0 Å².